The average Bonchev–Trinajstić information content (AvgIpc) is 2.53. The Balaban J connectivity index is 2.29. The number of nitrogens with zero attached hydrogens (tertiary/aromatic N) is 1. The van der Waals surface area contributed by atoms with Gasteiger partial charge in [-0.15, -0.1) is 0 Å². The molecule has 1 unspecified atom stereocenters. The zero-order valence-corrected chi connectivity index (χ0v) is 11.1. The molecule has 1 heterocycles. The van der Waals surface area contributed by atoms with Crippen LogP contribution in [0.25, 0.3) is 0 Å². The van der Waals surface area contributed by atoms with E-state index in [2.05, 4.69) is 16.3 Å². The first-order valence-electron chi connectivity index (χ1n) is 6.34. The summed E-state index contributed by atoms with van der Waals surface area (Å²) >= 11 is 0. The van der Waals surface area contributed by atoms with Crippen molar-refractivity contribution in [2.24, 2.45) is 0 Å². The van der Waals surface area contributed by atoms with Gasteiger partial charge in [0.25, 0.3) is 5.91 Å². The summed E-state index contributed by atoms with van der Waals surface area (Å²) in [5.41, 5.74) is 3.82. The fraction of sp³-hybridized carbons (Fsp3) is 0.188. The van der Waals surface area contributed by atoms with Crippen LogP contribution >= 0.6 is 0 Å². The minimum atomic E-state index is -0.0348. The van der Waals surface area contributed by atoms with Gasteiger partial charge in [-0.25, -0.2) is 0 Å². The summed E-state index contributed by atoms with van der Waals surface area (Å²) in [6.45, 7) is 0. The average molecular weight is 252 g/mol. The Labute approximate surface area is 112 Å². The Morgan fingerprint density at radius 3 is 2.32 bits per heavy atom. The molecule has 0 bridgehead atoms. The van der Waals surface area contributed by atoms with Crippen LogP contribution in [0.3, 0.4) is 0 Å². The number of para-hydroxylation sites is 1. The molecule has 1 aliphatic heterocycles. The summed E-state index contributed by atoms with van der Waals surface area (Å²) in [4.78, 5) is 14.4. The van der Waals surface area contributed by atoms with Gasteiger partial charge in [-0.05, 0) is 37.4 Å². The topological polar surface area (TPSA) is 32.3 Å². The number of anilines is 1. The normalized spacial score (nSPS) is 17.4. The van der Waals surface area contributed by atoms with Gasteiger partial charge in [0.05, 0.1) is 6.04 Å². The molecule has 1 aliphatic rings. The van der Waals surface area contributed by atoms with Gasteiger partial charge < -0.3 is 5.32 Å². The molecule has 3 rings (SSSR count). The molecule has 3 nitrogen and oxygen atoms in total. The third-order valence-electron chi connectivity index (χ3n) is 3.52. The summed E-state index contributed by atoms with van der Waals surface area (Å²) < 4.78 is 0. The Bertz CT molecular complexity index is 634. The third-order valence-corrected chi connectivity index (χ3v) is 3.52. The largest absolute Gasteiger partial charge is 0.322 e. The molecule has 2 aromatic carbocycles. The van der Waals surface area contributed by atoms with E-state index in [9.17, 15) is 4.79 Å². The second-order valence-electron chi connectivity index (χ2n) is 4.99. The van der Waals surface area contributed by atoms with E-state index >= 15 is 0 Å². The van der Waals surface area contributed by atoms with Gasteiger partial charge in [-0.1, -0.05) is 36.4 Å². The fourth-order valence-corrected chi connectivity index (χ4v) is 2.71. The lowest BCUT2D eigenvalue weighted by molar-refractivity contribution is 0.102. The number of carbonyl (C=O) groups is 1. The van der Waals surface area contributed by atoms with Crippen molar-refractivity contribution in [3.05, 3.63) is 65.2 Å². The standard InChI is InChI=1S/C16H16N2O/c1-18(2)15-11-7-3-4-8-12(11)16(19)17-14-10-6-5-9-13(14)15/h3-10,15H,1-2H3,(H,17,19). The first-order chi connectivity index (χ1) is 9.18. The van der Waals surface area contributed by atoms with Crippen molar-refractivity contribution in [3.8, 4) is 0 Å². The van der Waals surface area contributed by atoms with Crippen LogP contribution in [0.15, 0.2) is 48.5 Å². The smallest absolute Gasteiger partial charge is 0.256 e. The highest BCUT2D eigenvalue weighted by molar-refractivity contribution is 6.07. The highest BCUT2D eigenvalue weighted by Crippen LogP contribution is 2.36. The fourth-order valence-electron chi connectivity index (χ4n) is 2.71. The highest BCUT2D eigenvalue weighted by Gasteiger charge is 2.28. The molecule has 1 atom stereocenters. The molecule has 0 aromatic heterocycles. The minimum absolute atomic E-state index is 0.0348. The number of nitrogens with one attached hydrogen (secondary N) is 1. The molecular weight excluding hydrogens is 236 g/mol. The summed E-state index contributed by atoms with van der Waals surface area (Å²) in [5, 5.41) is 3.00. The Morgan fingerprint density at radius 1 is 0.947 bits per heavy atom. The first-order valence-corrected chi connectivity index (χ1v) is 6.34. The Hall–Kier alpha value is -2.13. The molecule has 0 saturated carbocycles. The molecular formula is C16H16N2O. The van der Waals surface area contributed by atoms with Crippen LogP contribution in [0.5, 0.6) is 0 Å². The highest BCUT2D eigenvalue weighted by atomic mass is 16.1. The van der Waals surface area contributed by atoms with Crippen LogP contribution in [0.1, 0.15) is 27.5 Å². The van der Waals surface area contributed by atoms with Gasteiger partial charge in [0.1, 0.15) is 0 Å². The van der Waals surface area contributed by atoms with Crippen molar-refractivity contribution in [2.45, 2.75) is 6.04 Å². The van der Waals surface area contributed by atoms with E-state index in [0.29, 0.717) is 0 Å². The van der Waals surface area contributed by atoms with Crippen LogP contribution in [-0.2, 0) is 0 Å². The lowest BCUT2D eigenvalue weighted by Crippen LogP contribution is -2.21. The summed E-state index contributed by atoms with van der Waals surface area (Å²) in [5.74, 6) is -0.0348. The van der Waals surface area contributed by atoms with Crippen molar-refractivity contribution >= 4 is 11.6 Å². The van der Waals surface area contributed by atoms with Crippen LogP contribution in [0.4, 0.5) is 5.69 Å². The lowest BCUT2D eigenvalue weighted by atomic mass is 9.94. The van der Waals surface area contributed by atoms with E-state index in [-0.39, 0.29) is 11.9 Å². The SMILES string of the molecule is CN(C)C1c2ccccc2NC(=O)c2ccccc21. The van der Waals surface area contributed by atoms with E-state index < -0.39 is 0 Å². The maximum Gasteiger partial charge on any atom is 0.256 e. The lowest BCUT2D eigenvalue weighted by Gasteiger charge is -2.26. The molecule has 0 saturated heterocycles. The van der Waals surface area contributed by atoms with E-state index in [4.69, 9.17) is 0 Å². The van der Waals surface area contributed by atoms with E-state index in [1.165, 1.54) is 0 Å². The number of hydrogen-bond acceptors (Lipinski definition) is 2. The van der Waals surface area contributed by atoms with Gasteiger partial charge >= 0.3 is 0 Å². The van der Waals surface area contributed by atoms with Crippen molar-refractivity contribution in [1.29, 1.82) is 0 Å². The van der Waals surface area contributed by atoms with Crippen LogP contribution in [-0.4, -0.2) is 24.9 Å². The first kappa shape index (κ1) is 11.9. The van der Waals surface area contributed by atoms with Crippen molar-refractivity contribution < 1.29 is 4.79 Å². The second kappa shape index (κ2) is 4.52. The number of hydrogen-bond donors (Lipinski definition) is 1. The van der Waals surface area contributed by atoms with Gasteiger partial charge in [-0.3, -0.25) is 9.69 Å². The number of benzene rings is 2. The van der Waals surface area contributed by atoms with Gasteiger partial charge in [0.15, 0.2) is 0 Å². The second-order valence-corrected chi connectivity index (χ2v) is 4.99. The minimum Gasteiger partial charge on any atom is -0.322 e. The molecule has 0 aliphatic carbocycles. The molecule has 96 valence electrons. The molecule has 1 N–H and O–H groups in total. The Kier molecular flexibility index (Phi) is 2.84. The summed E-state index contributed by atoms with van der Waals surface area (Å²) in [6, 6.07) is 15.9. The number of amides is 1. The zero-order chi connectivity index (χ0) is 13.4. The van der Waals surface area contributed by atoms with Crippen LogP contribution < -0.4 is 5.32 Å². The molecule has 1 amide bonds. The van der Waals surface area contributed by atoms with Crippen molar-refractivity contribution in [2.75, 3.05) is 19.4 Å². The molecule has 0 radical (unpaired) electrons. The van der Waals surface area contributed by atoms with Gasteiger partial charge in [-0.2, -0.15) is 0 Å². The predicted molar refractivity (Wildman–Crippen MR) is 76.4 cm³/mol. The van der Waals surface area contributed by atoms with Crippen LogP contribution in [0, 0.1) is 0 Å². The van der Waals surface area contributed by atoms with Gasteiger partial charge in [0.2, 0.25) is 0 Å². The monoisotopic (exact) mass is 252 g/mol. The Morgan fingerprint density at radius 2 is 1.58 bits per heavy atom. The number of fused-ring (bicyclic) bond motifs is 2. The molecule has 19 heavy (non-hydrogen) atoms. The quantitative estimate of drug-likeness (QED) is 0.846. The van der Waals surface area contributed by atoms with Crippen molar-refractivity contribution in [1.82, 2.24) is 4.90 Å². The molecule has 0 fully saturated rings. The van der Waals surface area contributed by atoms with Gasteiger partial charge in [0, 0.05) is 11.3 Å². The summed E-state index contributed by atoms with van der Waals surface area (Å²) in [7, 11) is 4.07. The number of rotatable bonds is 1. The maximum absolute atomic E-state index is 12.3. The zero-order valence-electron chi connectivity index (χ0n) is 11.1. The molecule has 3 heteroatoms. The van der Waals surface area contributed by atoms with Crippen LogP contribution in [0.2, 0.25) is 0 Å². The van der Waals surface area contributed by atoms with E-state index in [1.807, 2.05) is 56.6 Å². The molecule has 2 aromatic rings. The van der Waals surface area contributed by atoms with E-state index in [1.54, 1.807) is 0 Å². The third kappa shape index (κ3) is 1.92. The predicted octanol–water partition coefficient (Wildman–Crippen LogP) is 2.90. The summed E-state index contributed by atoms with van der Waals surface area (Å²) in [6.07, 6.45) is 0. The number of carbonyl (C=O) groups excluding carboxylic acids is 1. The van der Waals surface area contributed by atoms with Crippen molar-refractivity contribution in [3.63, 3.8) is 0 Å². The molecule has 0 spiro atoms. The maximum atomic E-state index is 12.3. The van der Waals surface area contributed by atoms with E-state index in [0.717, 1.165) is 22.4 Å².